The van der Waals surface area contributed by atoms with Gasteiger partial charge in [0.05, 0.1) is 11.7 Å². The van der Waals surface area contributed by atoms with Gasteiger partial charge >= 0.3 is 0 Å². The van der Waals surface area contributed by atoms with Crippen molar-refractivity contribution in [1.82, 2.24) is 10.4 Å². The lowest BCUT2D eigenvalue weighted by Gasteiger charge is -2.18. The maximum Gasteiger partial charge on any atom is 0.0635 e. The van der Waals surface area contributed by atoms with Crippen LogP contribution in [0.5, 0.6) is 0 Å². The number of nitrogens with zero attached hydrogens (tertiary/aromatic N) is 1. The van der Waals surface area contributed by atoms with E-state index >= 15 is 0 Å². The van der Waals surface area contributed by atoms with Crippen molar-refractivity contribution >= 4 is 0 Å². The molecule has 18 heavy (non-hydrogen) atoms. The number of hydrazine groups is 1. The number of allylic oxidation sites excluding steroid dienone is 1. The molecule has 1 aromatic heterocycles. The van der Waals surface area contributed by atoms with Gasteiger partial charge in [-0.15, -0.1) is 6.58 Å². The average Bonchev–Trinajstić information content (AvgIpc) is 2.43. The summed E-state index contributed by atoms with van der Waals surface area (Å²) in [6, 6.07) is 4.29. The summed E-state index contributed by atoms with van der Waals surface area (Å²) in [5.41, 5.74) is 5.29. The Morgan fingerprint density at radius 1 is 1.44 bits per heavy atom. The normalized spacial score (nSPS) is 12.3. The first kappa shape index (κ1) is 14.9. The van der Waals surface area contributed by atoms with E-state index in [1.54, 1.807) is 0 Å². The van der Waals surface area contributed by atoms with Crippen molar-refractivity contribution in [3.05, 3.63) is 42.2 Å². The van der Waals surface area contributed by atoms with Crippen molar-refractivity contribution < 1.29 is 0 Å². The van der Waals surface area contributed by atoms with Crippen LogP contribution in [0.2, 0.25) is 0 Å². The number of hydrogen-bond donors (Lipinski definition) is 2. The summed E-state index contributed by atoms with van der Waals surface area (Å²) in [7, 11) is 0. The highest BCUT2D eigenvalue weighted by molar-refractivity contribution is 5.22. The molecule has 100 valence electrons. The first-order chi connectivity index (χ1) is 8.83. The van der Waals surface area contributed by atoms with Gasteiger partial charge in [-0.3, -0.25) is 16.3 Å². The molecule has 0 aromatic carbocycles. The van der Waals surface area contributed by atoms with Crippen LogP contribution in [-0.4, -0.2) is 4.98 Å². The van der Waals surface area contributed by atoms with E-state index in [-0.39, 0.29) is 6.04 Å². The quantitative estimate of drug-likeness (QED) is 0.305. The van der Waals surface area contributed by atoms with E-state index in [1.807, 2.05) is 18.3 Å². The Bertz CT molecular complexity index is 349. The summed E-state index contributed by atoms with van der Waals surface area (Å²) < 4.78 is 0. The maximum absolute atomic E-state index is 5.66. The number of pyridine rings is 1. The summed E-state index contributed by atoms with van der Waals surface area (Å²) >= 11 is 0. The van der Waals surface area contributed by atoms with Crippen molar-refractivity contribution in [2.45, 2.75) is 51.5 Å². The van der Waals surface area contributed by atoms with E-state index in [0.29, 0.717) is 0 Å². The Balaban J connectivity index is 2.51. The van der Waals surface area contributed by atoms with Crippen LogP contribution in [0.25, 0.3) is 0 Å². The van der Waals surface area contributed by atoms with Crippen LogP contribution in [-0.2, 0) is 6.42 Å². The molecular weight excluding hydrogens is 222 g/mol. The van der Waals surface area contributed by atoms with Gasteiger partial charge in [0.1, 0.15) is 0 Å². The third-order valence-corrected chi connectivity index (χ3v) is 3.24. The minimum absolute atomic E-state index is 0.171. The lowest BCUT2D eigenvalue weighted by atomic mass is 10.00. The second kappa shape index (κ2) is 8.84. The summed E-state index contributed by atoms with van der Waals surface area (Å²) in [6.07, 6.45) is 10.6. The minimum atomic E-state index is 0.171. The predicted molar refractivity (Wildman–Crippen MR) is 77.0 cm³/mol. The SMILES string of the molecule is C=CCCCCCC(NN)c1ncccc1CC. The summed E-state index contributed by atoms with van der Waals surface area (Å²) in [4.78, 5) is 4.48. The zero-order valence-electron chi connectivity index (χ0n) is 11.4. The average molecular weight is 247 g/mol. The third kappa shape index (κ3) is 4.59. The van der Waals surface area contributed by atoms with Gasteiger partial charge in [0.25, 0.3) is 0 Å². The summed E-state index contributed by atoms with van der Waals surface area (Å²) in [5.74, 6) is 5.66. The molecule has 3 heteroatoms. The number of unbranched alkanes of at least 4 members (excludes halogenated alkanes) is 3. The first-order valence-electron chi connectivity index (χ1n) is 6.84. The zero-order chi connectivity index (χ0) is 13.2. The number of hydrogen-bond acceptors (Lipinski definition) is 3. The Morgan fingerprint density at radius 3 is 2.94 bits per heavy atom. The van der Waals surface area contributed by atoms with Gasteiger partial charge in [-0.1, -0.05) is 31.9 Å². The highest BCUT2D eigenvalue weighted by Crippen LogP contribution is 2.21. The van der Waals surface area contributed by atoms with Crippen LogP contribution in [0.3, 0.4) is 0 Å². The van der Waals surface area contributed by atoms with Crippen LogP contribution < -0.4 is 11.3 Å². The van der Waals surface area contributed by atoms with Crippen LogP contribution in [0.15, 0.2) is 31.0 Å². The van der Waals surface area contributed by atoms with Crippen LogP contribution >= 0.6 is 0 Å². The topological polar surface area (TPSA) is 50.9 Å². The van der Waals surface area contributed by atoms with Crippen LogP contribution in [0.1, 0.15) is 56.3 Å². The zero-order valence-corrected chi connectivity index (χ0v) is 11.4. The second-order valence-corrected chi connectivity index (χ2v) is 4.55. The van der Waals surface area contributed by atoms with Crippen LogP contribution in [0.4, 0.5) is 0 Å². The van der Waals surface area contributed by atoms with Crippen molar-refractivity contribution in [2.75, 3.05) is 0 Å². The molecule has 0 aliphatic rings. The molecule has 0 fully saturated rings. The number of aryl methyl sites for hydroxylation is 1. The summed E-state index contributed by atoms with van der Waals surface area (Å²) in [6.45, 7) is 5.89. The Hall–Kier alpha value is -1.19. The number of nitrogens with two attached hydrogens (primary N) is 1. The van der Waals surface area contributed by atoms with Gasteiger partial charge in [-0.2, -0.15) is 0 Å². The van der Waals surface area contributed by atoms with Crippen LogP contribution in [0, 0.1) is 0 Å². The smallest absolute Gasteiger partial charge is 0.0635 e. The molecule has 1 unspecified atom stereocenters. The van der Waals surface area contributed by atoms with Gasteiger partial charge in [0.15, 0.2) is 0 Å². The molecule has 3 N–H and O–H groups in total. The molecule has 0 aliphatic heterocycles. The van der Waals surface area contributed by atoms with E-state index in [0.717, 1.165) is 25.0 Å². The molecule has 0 saturated heterocycles. The fourth-order valence-corrected chi connectivity index (χ4v) is 2.18. The van der Waals surface area contributed by atoms with E-state index in [4.69, 9.17) is 5.84 Å². The van der Waals surface area contributed by atoms with E-state index in [2.05, 4.69) is 30.0 Å². The van der Waals surface area contributed by atoms with E-state index < -0.39 is 0 Å². The van der Waals surface area contributed by atoms with Gasteiger partial charge in [0.2, 0.25) is 0 Å². The van der Waals surface area contributed by atoms with Gasteiger partial charge in [-0.05, 0) is 37.3 Å². The molecule has 0 spiro atoms. The highest BCUT2D eigenvalue weighted by Gasteiger charge is 2.13. The molecular formula is C15H25N3. The lowest BCUT2D eigenvalue weighted by molar-refractivity contribution is 0.471. The molecule has 0 bridgehead atoms. The van der Waals surface area contributed by atoms with E-state index in [1.165, 1.54) is 24.8 Å². The number of rotatable bonds is 9. The van der Waals surface area contributed by atoms with Crippen molar-refractivity contribution in [1.29, 1.82) is 0 Å². The summed E-state index contributed by atoms with van der Waals surface area (Å²) in [5, 5.41) is 0. The fourth-order valence-electron chi connectivity index (χ4n) is 2.18. The molecule has 3 nitrogen and oxygen atoms in total. The Kier molecular flexibility index (Phi) is 7.30. The molecule has 0 radical (unpaired) electrons. The standard InChI is InChI=1S/C15H25N3/c1-3-5-6-7-8-11-14(18-16)15-13(4-2)10-9-12-17-15/h3,9-10,12,14,18H,1,4-8,11,16H2,2H3. The van der Waals surface area contributed by atoms with Crippen molar-refractivity contribution in [2.24, 2.45) is 5.84 Å². The lowest BCUT2D eigenvalue weighted by Crippen LogP contribution is -2.29. The van der Waals surface area contributed by atoms with Gasteiger partial charge in [0, 0.05) is 6.20 Å². The third-order valence-electron chi connectivity index (χ3n) is 3.24. The fraction of sp³-hybridized carbons (Fsp3) is 0.533. The highest BCUT2D eigenvalue weighted by atomic mass is 15.2. The van der Waals surface area contributed by atoms with Gasteiger partial charge < -0.3 is 0 Å². The number of nitrogens with one attached hydrogen (secondary N) is 1. The minimum Gasteiger partial charge on any atom is -0.271 e. The predicted octanol–water partition coefficient (Wildman–Crippen LogP) is 3.28. The molecule has 1 aromatic rings. The van der Waals surface area contributed by atoms with Crippen molar-refractivity contribution in [3.63, 3.8) is 0 Å². The van der Waals surface area contributed by atoms with Gasteiger partial charge in [-0.25, -0.2) is 0 Å². The van der Waals surface area contributed by atoms with Crippen molar-refractivity contribution in [3.8, 4) is 0 Å². The second-order valence-electron chi connectivity index (χ2n) is 4.55. The molecule has 0 aliphatic carbocycles. The molecule has 1 rings (SSSR count). The monoisotopic (exact) mass is 247 g/mol. The Morgan fingerprint density at radius 2 is 2.28 bits per heavy atom. The molecule has 0 saturated carbocycles. The largest absolute Gasteiger partial charge is 0.271 e. The van der Waals surface area contributed by atoms with E-state index in [9.17, 15) is 0 Å². The molecule has 1 atom stereocenters. The first-order valence-corrected chi connectivity index (χ1v) is 6.84. The Labute approximate surface area is 110 Å². The molecule has 1 heterocycles. The molecule has 0 amide bonds. The number of aromatic nitrogens is 1. The maximum atomic E-state index is 5.66.